The highest BCUT2D eigenvalue weighted by Gasteiger charge is 2.18. The standard InChI is InChI=1S/C11H15N5/c12-9-5-4-8-11(15-9)16-10(14-8)7-3-1-2-6-13-7/h4-5,7,13H,1-3,6H2,(H3,12,14,15,16). The fourth-order valence-corrected chi connectivity index (χ4v) is 2.18. The predicted molar refractivity (Wildman–Crippen MR) is 62.9 cm³/mol. The summed E-state index contributed by atoms with van der Waals surface area (Å²) in [5.74, 6) is 1.50. The van der Waals surface area contributed by atoms with E-state index in [9.17, 15) is 0 Å². The van der Waals surface area contributed by atoms with E-state index in [4.69, 9.17) is 5.73 Å². The largest absolute Gasteiger partial charge is 0.384 e. The van der Waals surface area contributed by atoms with Gasteiger partial charge in [0.15, 0.2) is 5.65 Å². The topological polar surface area (TPSA) is 79.6 Å². The van der Waals surface area contributed by atoms with Crippen LogP contribution in [0, 0.1) is 0 Å². The normalized spacial score (nSPS) is 21.4. The van der Waals surface area contributed by atoms with E-state index in [-0.39, 0.29) is 0 Å². The van der Waals surface area contributed by atoms with Gasteiger partial charge in [-0.2, -0.15) is 0 Å². The molecule has 3 rings (SSSR count). The summed E-state index contributed by atoms with van der Waals surface area (Å²) in [6.07, 6.45) is 3.64. The second kappa shape index (κ2) is 3.75. The number of imidazole rings is 1. The summed E-state index contributed by atoms with van der Waals surface area (Å²) in [6, 6.07) is 4.06. The Kier molecular flexibility index (Phi) is 2.25. The van der Waals surface area contributed by atoms with Gasteiger partial charge in [-0.15, -0.1) is 0 Å². The number of aromatic amines is 1. The second-order valence-corrected chi connectivity index (χ2v) is 4.23. The third kappa shape index (κ3) is 1.63. The van der Waals surface area contributed by atoms with Crippen LogP contribution in [-0.4, -0.2) is 21.5 Å². The number of nitrogens with one attached hydrogen (secondary N) is 2. The molecule has 0 amide bonds. The number of H-pyrrole nitrogens is 1. The van der Waals surface area contributed by atoms with Gasteiger partial charge in [-0.1, -0.05) is 6.42 Å². The first-order valence-corrected chi connectivity index (χ1v) is 5.68. The van der Waals surface area contributed by atoms with Crippen LogP contribution in [0.2, 0.25) is 0 Å². The molecule has 0 bridgehead atoms. The molecule has 0 spiro atoms. The van der Waals surface area contributed by atoms with Gasteiger partial charge in [0.1, 0.15) is 11.6 Å². The van der Waals surface area contributed by atoms with Crippen molar-refractivity contribution in [1.82, 2.24) is 20.3 Å². The Morgan fingerprint density at radius 1 is 1.25 bits per heavy atom. The van der Waals surface area contributed by atoms with Crippen LogP contribution in [-0.2, 0) is 0 Å². The van der Waals surface area contributed by atoms with E-state index in [1.807, 2.05) is 6.07 Å². The van der Waals surface area contributed by atoms with Gasteiger partial charge in [0.2, 0.25) is 0 Å². The number of pyridine rings is 1. The maximum absolute atomic E-state index is 5.63. The maximum Gasteiger partial charge on any atom is 0.179 e. The lowest BCUT2D eigenvalue weighted by molar-refractivity contribution is 0.400. The third-order valence-electron chi connectivity index (χ3n) is 3.03. The molecule has 1 atom stereocenters. The summed E-state index contributed by atoms with van der Waals surface area (Å²) in [5.41, 5.74) is 7.30. The van der Waals surface area contributed by atoms with Gasteiger partial charge in [0, 0.05) is 0 Å². The molecule has 2 aromatic rings. The average molecular weight is 217 g/mol. The summed E-state index contributed by atoms with van der Waals surface area (Å²) in [7, 11) is 0. The monoisotopic (exact) mass is 217 g/mol. The number of hydrogen-bond acceptors (Lipinski definition) is 4. The first-order valence-electron chi connectivity index (χ1n) is 5.68. The molecule has 1 fully saturated rings. The molecule has 1 aliphatic heterocycles. The van der Waals surface area contributed by atoms with Crippen LogP contribution < -0.4 is 11.1 Å². The molecule has 0 aliphatic carbocycles. The zero-order chi connectivity index (χ0) is 11.0. The Balaban J connectivity index is 1.97. The molecular weight excluding hydrogens is 202 g/mol. The van der Waals surface area contributed by atoms with Crippen molar-refractivity contribution in [3.05, 3.63) is 18.0 Å². The van der Waals surface area contributed by atoms with E-state index >= 15 is 0 Å². The van der Waals surface area contributed by atoms with Crippen molar-refractivity contribution in [1.29, 1.82) is 0 Å². The number of rotatable bonds is 1. The minimum absolute atomic E-state index is 0.337. The molecule has 0 saturated carbocycles. The molecule has 0 radical (unpaired) electrons. The number of anilines is 1. The first-order chi connectivity index (χ1) is 7.83. The minimum Gasteiger partial charge on any atom is -0.384 e. The SMILES string of the molecule is Nc1ccc2[nH]c(C3CCCCN3)nc2n1. The van der Waals surface area contributed by atoms with Crippen LogP contribution in [0.15, 0.2) is 12.1 Å². The summed E-state index contributed by atoms with van der Waals surface area (Å²) in [4.78, 5) is 12.0. The van der Waals surface area contributed by atoms with Gasteiger partial charge >= 0.3 is 0 Å². The Labute approximate surface area is 93.5 Å². The third-order valence-corrected chi connectivity index (χ3v) is 3.03. The van der Waals surface area contributed by atoms with E-state index in [1.54, 1.807) is 6.07 Å². The predicted octanol–water partition coefficient (Wildman–Crippen LogP) is 1.35. The van der Waals surface area contributed by atoms with Crippen molar-refractivity contribution in [2.24, 2.45) is 0 Å². The number of nitrogen functional groups attached to an aromatic ring is 1. The number of nitrogens with zero attached hydrogens (tertiary/aromatic N) is 2. The average Bonchev–Trinajstić information content (AvgIpc) is 2.73. The number of fused-ring (bicyclic) bond motifs is 1. The summed E-state index contributed by atoms with van der Waals surface area (Å²) in [5, 5.41) is 3.46. The van der Waals surface area contributed by atoms with Crippen molar-refractivity contribution in [2.75, 3.05) is 12.3 Å². The highest BCUT2D eigenvalue weighted by atomic mass is 15.1. The van der Waals surface area contributed by atoms with Gasteiger partial charge in [-0.3, -0.25) is 0 Å². The van der Waals surface area contributed by atoms with Crippen molar-refractivity contribution >= 4 is 17.0 Å². The van der Waals surface area contributed by atoms with Crippen molar-refractivity contribution in [3.8, 4) is 0 Å². The van der Waals surface area contributed by atoms with Crippen LogP contribution in [0.3, 0.4) is 0 Å². The lowest BCUT2D eigenvalue weighted by Crippen LogP contribution is -2.27. The van der Waals surface area contributed by atoms with Gasteiger partial charge in [0.25, 0.3) is 0 Å². The number of hydrogen-bond donors (Lipinski definition) is 3. The van der Waals surface area contributed by atoms with E-state index in [0.29, 0.717) is 17.5 Å². The fraction of sp³-hybridized carbons (Fsp3) is 0.455. The molecule has 5 heteroatoms. The van der Waals surface area contributed by atoms with E-state index in [0.717, 1.165) is 24.3 Å². The zero-order valence-electron chi connectivity index (χ0n) is 9.03. The molecule has 1 aliphatic rings. The molecule has 1 unspecified atom stereocenters. The molecule has 1 saturated heterocycles. The summed E-state index contributed by atoms with van der Waals surface area (Å²) in [6.45, 7) is 1.07. The summed E-state index contributed by atoms with van der Waals surface area (Å²) >= 11 is 0. The number of aromatic nitrogens is 3. The molecule has 16 heavy (non-hydrogen) atoms. The van der Waals surface area contributed by atoms with E-state index in [2.05, 4.69) is 20.3 Å². The molecule has 2 aromatic heterocycles. The van der Waals surface area contributed by atoms with Crippen LogP contribution in [0.4, 0.5) is 5.82 Å². The highest BCUT2D eigenvalue weighted by Crippen LogP contribution is 2.22. The van der Waals surface area contributed by atoms with Gasteiger partial charge in [-0.25, -0.2) is 9.97 Å². The fourth-order valence-electron chi connectivity index (χ4n) is 2.18. The van der Waals surface area contributed by atoms with Crippen molar-refractivity contribution in [3.63, 3.8) is 0 Å². The Bertz CT molecular complexity index is 498. The Morgan fingerprint density at radius 3 is 3.00 bits per heavy atom. The second-order valence-electron chi connectivity index (χ2n) is 4.23. The lowest BCUT2D eigenvalue weighted by atomic mass is 10.0. The highest BCUT2D eigenvalue weighted by molar-refractivity contribution is 5.72. The van der Waals surface area contributed by atoms with Crippen LogP contribution in [0.25, 0.3) is 11.2 Å². The lowest BCUT2D eigenvalue weighted by Gasteiger charge is -2.21. The van der Waals surface area contributed by atoms with Crippen LogP contribution in [0.1, 0.15) is 31.1 Å². The van der Waals surface area contributed by atoms with Crippen molar-refractivity contribution in [2.45, 2.75) is 25.3 Å². The van der Waals surface area contributed by atoms with Gasteiger partial charge in [0.05, 0.1) is 11.6 Å². The molecule has 84 valence electrons. The number of piperidine rings is 1. The maximum atomic E-state index is 5.63. The number of nitrogens with two attached hydrogens (primary N) is 1. The first kappa shape index (κ1) is 9.59. The minimum atomic E-state index is 0.337. The van der Waals surface area contributed by atoms with Crippen molar-refractivity contribution < 1.29 is 0 Å². The Morgan fingerprint density at radius 2 is 2.19 bits per heavy atom. The Hall–Kier alpha value is -1.62. The molecule has 3 heterocycles. The molecule has 0 aromatic carbocycles. The molecular formula is C11H15N5. The smallest absolute Gasteiger partial charge is 0.179 e. The van der Waals surface area contributed by atoms with Gasteiger partial charge in [-0.05, 0) is 31.5 Å². The van der Waals surface area contributed by atoms with Crippen LogP contribution in [0.5, 0.6) is 0 Å². The van der Waals surface area contributed by atoms with E-state index in [1.165, 1.54) is 12.8 Å². The van der Waals surface area contributed by atoms with Crippen LogP contribution >= 0.6 is 0 Å². The summed E-state index contributed by atoms with van der Waals surface area (Å²) < 4.78 is 0. The zero-order valence-corrected chi connectivity index (χ0v) is 9.03. The van der Waals surface area contributed by atoms with E-state index < -0.39 is 0 Å². The quantitative estimate of drug-likeness (QED) is 0.673. The molecule has 4 N–H and O–H groups in total. The molecule has 5 nitrogen and oxygen atoms in total. The van der Waals surface area contributed by atoms with Gasteiger partial charge < -0.3 is 16.0 Å².